The predicted molar refractivity (Wildman–Crippen MR) is 76.1 cm³/mol. The van der Waals surface area contributed by atoms with Crippen LogP contribution in [0.25, 0.3) is 0 Å². The second-order valence-corrected chi connectivity index (χ2v) is 5.92. The summed E-state index contributed by atoms with van der Waals surface area (Å²) in [5.74, 6) is 0.274. The Balaban J connectivity index is 1.77. The fourth-order valence-corrected chi connectivity index (χ4v) is 3.19. The molecule has 0 radical (unpaired) electrons. The quantitative estimate of drug-likeness (QED) is 0.828. The molecule has 0 aromatic carbocycles. The van der Waals surface area contributed by atoms with Crippen LogP contribution in [0.3, 0.4) is 0 Å². The van der Waals surface area contributed by atoms with E-state index in [1.54, 1.807) is 0 Å². The smallest absolute Gasteiger partial charge is 0.239 e. The van der Waals surface area contributed by atoms with Crippen LogP contribution in [-0.2, 0) is 9.53 Å². The summed E-state index contributed by atoms with van der Waals surface area (Å²) in [5, 5.41) is 3.51. The van der Waals surface area contributed by atoms with Crippen molar-refractivity contribution >= 4 is 5.91 Å². The van der Waals surface area contributed by atoms with Crippen LogP contribution < -0.4 is 5.32 Å². The van der Waals surface area contributed by atoms with E-state index in [-0.39, 0.29) is 11.9 Å². The van der Waals surface area contributed by atoms with Gasteiger partial charge >= 0.3 is 0 Å². The number of hydrogen-bond acceptors (Lipinski definition) is 3. The number of nitrogens with one attached hydrogen (secondary N) is 1. The standard InChI is InChI=1S/C15H28N2O2/c1-3-6-14-11-13(7-10-19-14)16-12(2)15(18)17-8-4-5-9-17/h12-14,16H,3-11H2,1-2H3. The van der Waals surface area contributed by atoms with Gasteiger partial charge in [0.1, 0.15) is 0 Å². The molecule has 2 aliphatic rings. The molecule has 2 heterocycles. The maximum Gasteiger partial charge on any atom is 0.239 e. The molecule has 0 aromatic heterocycles. The number of hydrogen-bond donors (Lipinski definition) is 1. The topological polar surface area (TPSA) is 41.6 Å². The Kier molecular flexibility index (Phi) is 5.64. The number of carbonyl (C=O) groups is 1. The number of rotatable bonds is 5. The Hall–Kier alpha value is -0.610. The summed E-state index contributed by atoms with van der Waals surface area (Å²) < 4.78 is 5.76. The van der Waals surface area contributed by atoms with Gasteiger partial charge < -0.3 is 15.0 Å². The molecule has 1 amide bonds. The zero-order chi connectivity index (χ0) is 13.7. The van der Waals surface area contributed by atoms with Crippen molar-refractivity contribution in [1.82, 2.24) is 10.2 Å². The average Bonchev–Trinajstić information content (AvgIpc) is 2.92. The van der Waals surface area contributed by atoms with Crippen LogP contribution >= 0.6 is 0 Å². The maximum absolute atomic E-state index is 12.3. The van der Waals surface area contributed by atoms with E-state index in [1.807, 2.05) is 11.8 Å². The molecule has 19 heavy (non-hydrogen) atoms. The third kappa shape index (κ3) is 4.18. The average molecular weight is 268 g/mol. The lowest BCUT2D eigenvalue weighted by atomic mass is 9.99. The van der Waals surface area contributed by atoms with Crippen LogP contribution in [0.5, 0.6) is 0 Å². The molecule has 0 aromatic rings. The second kappa shape index (κ2) is 7.25. The normalized spacial score (nSPS) is 29.5. The molecular formula is C15H28N2O2. The molecule has 0 bridgehead atoms. The highest BCUT2D eigenvalue weighted by molar-refractivity contribution is 5.81. The zero-order valence-corrected chi connectivity index (χ0v) is 12.4. The van der Waals surface area contributed by atoms with Gasteiger partial charge in [-0.15, -0.1) is 0 Å². The molecule has 2 fully saturated rings. The first-order chi connectivity index (χ1) is 9.20. The van der Waals surface area contributed by atoms with Crippen molar-refractivity contribution in [2.75, 3.05) is 19.7 Å². The third-order valence-electron chi connectivity index (χ3n) is 4.25. The lowest BCUT2D eigenvalue weighted by Gasteiger charge is -2.32. The molecule has 4 heteroatoms. The first-order valence-corrected chi connectivity index (χ1v) is 7.87. The van der Waals surface area contributed by atoms with E-state index in [0.29, 0.717) is 12.1 Å². The van der Waals surface area contributed by atoms with Gasteiger partial charge in [-0.3, -0.25) is 4.79 Å². The summed E-state index contributed by atoms with van der Waals surface area (Å²) in [6.45, 7) is 6.91. The number of ether oxygens (including phenoxy) is 1. The van der Waals surface area contributed by atoms with E-state index in [1.165, 1.54) is 6.42 Å². The Morgan fingerprint density at radius 3 is 2.84 bits per heavy atom. The molecule has 0 spiro atoms. The van der Waals surface area contributed by atoms with E-state index in [0.717, 1.165) is 51.8 Å². The minimum Gasteiger partial charge on any atom is -0.378 e. The zero-order valence-electron chi connectivity index (χ0n) is 12.4. The van der Waals surface area contributed by atoms with Gasteiger partial charge in [-0.1, -0.05) is 13.3 Å². The number of nitrogens with zero attached hydrogens (tertiary/aromatic N) is 1. The van der Waals surface area contributed by atoms with Crippen LogP contribution in [0, 0.1) is 0 Å². The molecule has 4 nitrogen and oxygen atoms in total. The van der Waals surface area contributed by atoms with Crippen LogP contribution in [0.15, 0.2) is 0 Å². The van der Waals surface area contributed by atoms with Gasteiger partial charge in [0.05, 0.1) is 12.1 Å². The SMILES string of the molecule is CCCC1CC(NC(C)C(=O)N2CCCC2)CCO1. The van der Waals surface area contributed by atoms with Crippen molar-refractivity contribution < 1.29 is 9.53 Å². The van der Waals surface area contributed by atoms with E-state index >= 15 is 0 Å². The van der Waals surface area contributed by atoms with Crippen molar-refractivity contribution in [3.8, 4) is 0 Å². The number of carbonyl (C=O) groups excluding carboxylic acids is 1. The number of amides is 1. The fourth-order valence-electron chi connectivity index (χ4n) is 3.19. The Morgan fingerprint density at radius 1 is 1.42 bits per heavy atom. The largest absolute Gasteiger partial charge is 0.378 e. The highest BCUT2D eigenvalue weighted by Gasteiger charge is 2.28. The minimum atomic E-state index is -0.0523. The third-order valence-corrected chi connectivity index (χ3v) is 4.25. The van der Waals surface area contributed by atoms with Crippen molar-refractivity contribution in [3.63, 3.8) is 0 Å². The summed E-state index contributed by atoms with van der Waals surface area (Å²) in [6, 6.07) is 0.385. The summed E-state index contributed by atoms with van der Waals surface area (Å²) in [6.07, 6.45) is 7.07. The van der Waals surface area contributed by atoms with Crippen molar-refractivity contribution in [2.24, 2.45) is 0 Å². The van der Waals surface area contributed by atoms with Gasteiger partial charge in [-0.25, -0.2) is 0 Å². The van der Waals surface area contributed by atoms with Gasteiger partial charge in [0.2, 0.25) is 5.91 Å². The van der Waals surface area contributed by atoms with Gasteiger partial charge in [0.15, 0.2) is 0 Å². The maximum atomic E-state index is 12.3. The molecule has 2 aliphatic heterocycles. The molecular weight excluding hydrogens is 240 g/mol. The van der Waals surface area contributed by atoms with E-state index in [2.05, 4.69) is 12.2 Å². The molecule has 0 saturated carbocycles. The first-order valence-electron chi connectivity index (χ1n) is 7.87. The Morgan fingerprint density at radius 2 is 2.16 bits per heavy atom. The number of likely N-dealkylation sites (tertiary alicyclic amines) is 1. The van der Waals surface area contributed by atoms with E-state index in [9.17, 15) is 4.79 Å². The van der Waals surface area contributed by atoms with Gasteiger partial charge in [0.25, 0.3) is 0 Å². The Labute approximate surface area is 116 Å². The van der Waals surface area contributed by atoms with Gasteiger partial charge in [0, 0.05) is 25.7 Å². The molecule has 3 atom stereocenters. The Bertz CT molecular complexity index is 288. The molecule has 2 rings (SSSR count). The summed E-state index contributed by atoms with van der Waals surface area (Å²) in [7, 11) is 0. The first kappa shape index (κ1) is 14.8. The van der Waals surface area contributed by atoms with Crippen molar-refractivity contribution in [3.05, 3.63) is 0 Å². The second-order valence-electron chi connectivity index (χ2n) is 5.92. The lowest BCUT2D eigenvalue weighted by molar-refractivity contribution is -0.132. The fraction of sp³-hybridized carbons (Fsp3) is 0.933. The highest BCUT2D eigenvalue weighted by Crippen LogP contribution is 2.18. The van der Waals surface area contributed by atoms with Gasteiger partial charge in [-0.2, -0.15) is 0 Å². The highest BCUT2D eigenvalue weighted by atomic mass is 16.5. The van der Waals surface area contributed by atoms with E-state index in [4.69, 9.17) is 4.74 Å². The van der Waals surface area contributed by atoms with Crippen molar-refractivity contribution in [2.45, 2.75) is 70.6 Å². The van der Waals surface area contributed by atoms with Gasteiger partial charge in [-0.05, 0) is 39.0 Å². The molecule has 0 aliphatic carbocycles. The van der Waals surface area contributed by atoms with Crippen molar-refractivity contribution in [1.29, 1.82) is 0 Å². The van der Waals surface area contributed by atoms with Crippen LogP contribution in [-0.4, -0.2) is 48.7 Å². The molecule has 1 N–H and O–H groups in total. The predicted octanol–water partition coefficient (Wildman–Crippen LogP) is 1.93. The van der Waals surface area contributed by atoms with E-state index < -0.39 is 0 Å². The summed E-state index contributed by atoms with van der Waals surface area (Å²) in [5.41, 5.74) is 0. The summed E-state index contributed by atoms with van der Waals surface area (Å²) >= 11 is 0. The van der Waals surface area contributed by atoms with Crippen LogP contribution in [0.2, 0.25) is 0 Å². The minimum absolute atomic E-state index is 0.0523. The molecule has 110 valence electrons. The van der Waals surface area contributed by atoms with Crippen LogP contribution in [0.4, 0.5) is 0 Å². The molecule has 3 unspecified atom stereocenters. The summed E-state index contributed by atoms with van der Waals surface area (Å²) in [4.78, 5) is 14.3. The monoisotopic (exact) mass is 268 g/mol. The van der Waals surface area contributed by atoms with Crippen LogP contribution in [0.1, 0.15) is 52.4 Å². The lowest BCUT2D eigenvalue weighted by Crippen LogP contribution is -2.50. The molecule has 2 saturated heterocycles.